The third-order valence-electron chi connectivity index (χ3n) is 2.36. The van der Waals surface area contributed by atoms with E-state index in [1.807, 2.05) is 0 Å². The quantitative estimate of drug-likeness (QED) is 0.400. The zero-order chi connectivity index (χ0) is 11.4. The SMILES string of the molecule is CCCCCCCCCCOCC(=O)Cl. The van der Waals surface area contributed by atoms with Crippen molar-refractivity contribution in [2.75, 3.05) is 13.2 Å². The van der Waals surface area contributed by atoms with Gasteiger partial charge < -0.3 is 4.74 Å². The van der Waals surface area contributed by atoms with E-state index in [1.54, 1.807) is 0 Å². The third-order valence-corrected chi connectivity index (χ3v) is 2.47. The molecule has 0 unspecified atom stereocenters. The molecule has 0 saturated heterocycles. The highest BCUT2D eigenvalue weighted by molar-refractivity contribution is 6.63. The van der Waals surface area contributed by atoms with Gasteiger partial charge in [-0.2, -0.15) is 0 Å². The zero-order valence-corrected chi connectivity index (χ0v) is 10.5. The predicted octanol–water partition coefficient (Wildman–Crippen LogP) is 3.91. The molecule has 0 heterocycles. The Hall–Kier alpha value is -0.0800. The molecule has 0 bridgehead atoms. The Kier molecular flexibility index (Phi) is 11.9. The summed E-state index contributed by atoms with van der Waals surface area (Å²) in [5, 5.41) is -0.408. The standard InChI is InChI=1S/C12H23ClO2/c1-2-3-4-5-6-7-8-9-10-15-11-12(13)14/h2-11H2,1H3. The molecule has 0 saturated carbocycles. The number of rotatable bonds is 11. The number of hydrogen-bond donors (Lipinski definition) is 0. The summed E-state index contributed by atoms with van der Waals surface area (Å²) < 4.78 is 5.06. The van der Waals surface area contributed by atoms with Crippen LogP contribution in [0.1, 0.15) is 58.3 Å². The summed E-state index contributed by atoms with van der Waals surface area (Å²) >= 11 is 5.12. The second-order valence-corrected chi connectivity index (χ2v) is 4.30. The van der Waals surface area contributed by atoms with Crippen LogP contribution >= 0.6 is 11.6 Å². The van der Waals surface area contributed by atoms with E-state index >= 15 is 0 Å². The van der Waals surface area contributed by atoms with E-state index in [0.717, 1.165) is 6.42 Å². The van der Waals surface area contributed by atoms with Crippen LogP contribution in [0.2, 0.25) is 0 Å². The zero-order valence-electron chi connectivity index (χ0n) is 9.77. The van der Waals surface area contributed by atoms with Gasteiger partial charge in [0.1, 0.15) is 6.61 Å². The topological polar surface area (TPSA) is 26.3 Å². The lowest BCUT2D eigenvalue weighted by atomic mass is 10.1. The molecule has 15 heavy (non-hydrogen) atoms. The predicted molar refractivity (Wildman–Crippen MR) is 64.3 cm³/mol. The van der Waals surface area contributed by atoms with Gasteiger partial charge in [-0.15, -0.1) is 0 Å². The lowest BCUT2D eigenvalue weighted by molar-refractivity contribution is -0.115. The Balaban J connectivity index is 2.89. The smallest absolute Gasteiger partial charge is 0.247 e. The minimum Gasteiger partial charge on any atom is -0.372 e. The van der Waals surface area contributed by atoms with Crippen LogP contribution in [-0.4, -0.2) is 18.5 Å². The molecule has 0 aromatic rings. The number of hydrogen-bond acceptors (Lipinski definition) is 2. The van der Waals surface area contributed by atoms with Gasteiger partial charge in [0, 0.05) is 6.61 Å². The highest BCUT2D eigenvalue weighted by Gasteiger charge is 1.95. The Morgan fingerprint density at radius 2 is 1.53 bits per heavy atom. The molecule has 0 amide bonds. The summed E-state index contributed by atoms with van der Waals surface area (Å²) in [5.74, 6) is 0. The van der Waals surface area contributed by atoms with E-state index in [-0.39, 0.29) is 6.61 Å². The number of ether oxygens (including phenoxy) is 1. The maximum atomic E-state index is 10.3. The highest BCUT2D eigenvalue weighted by atomic mass is 35.5. The molecule has 2 nitrogen and oxygen atoms in total. The minimum absolute atomic E-state index is 0.0536. The molecular weight excluding hydrogens is 212 g/mol. The second kappa shape index (κ2) is 12.0. The van der Waals surface area contributed by atoms with E-state index in [1.165, 1.54) is 44.9 Å². The fraction of sp³-hybridized carbons (Fsp3) is 0.917. The van der Waals surface area contributed by atoms with Gasteiger partial charge in [-0.05, 0) is 18.0 Å². The summed E-state index contributed by atoms with van der Waals surface area (Å²) in [6, 6.07) is 0. The van der Waals surface area contributed by atoms with Crippen LogP contribution in [0.15, 0.2) is 0 Å². The lowest BCUT2D eigenvalue weighted by Crippen LogP contribution is -2.02. The first-order valence-electron chi connectivity index (χ1n) is 6.03. The van der Waals surface area contributed by atoms with E-state index < -0.39 is 5.24 Å². The van der Waals surface area contributed by atoms with Gasteiger partial charge in [-0.3, -0.25) is 4.79 Å². The average Bonchev–Trinajstić information content (AvgIpc) is 2.20. The Labute approximate surface area is 98.3 Å². The van der Waals surface area contributed by atoms with Crippen molar-refractivity contribution in [3.8, 4) is 0 Å². The molecule has 0 aliphatic carbocycles. The summed E-state index contributed by atoms with van der Waals surface area (Å²) in [4.78, 5) is 10.3. The molecule has 0 radical (unpaired) electrons. The van der Waals surface area contributed by atoms with Crippen LogP contribution in [0.3, 0.4) is 0 Å². The van der Waals surface area contributed by atoms with Crippen LogP contribution in [0.5, 0.6) is 0 Å². The molecule has 0 aromatic carbocycles. The van der Waals surface area contributed by atoms with Crippen LogP contribution < -0.4 is 0 Å². The van der Waals surface area contributed by atoms with Gasteiger partial charge in [0.15, 0.2) is 0 Å². The van der Waals surface area contributed by atoms with Crippen molar-refractivity contribution >= 4 is 16.8 Å². The van der Waals surface area contributed by atoms with Crippen molar-refractivity contribution in [3.63, 3.8) is 0 Å². The van der Waals surface area contributed by atoms with Gasteiger partial charge in [-0.25, -0.2) is 0 Å². The number of carbonyl (C=O) groups excluding carboxylic acids is 1. The molecule has 0 N–H and O–H groups in total. The summed E-state index contributed by atoms with van der Waals surface area (Å²) in [5.41, 5.74) is 0. The van der Waals surface area contributed by atoms with Crippen molar-refractivity contribution in [3.05, 3.63) is 0 Å². The summed E-state index contributed by atoms with van der Waals surface area (Å²) in [6.45, 7) is 2.95. The third kappa shape index (κ3) is 13.9. The van der Waals surface area contributed by atoms with Gasteiger partial charge in [0.25, 0.3) is 0 Å². The van der Waals surface area contributed by atoms with Gasteiger partial charge in [0.05, 0.1) is 0 Å². The molecule has 90 valence electrons. The largest absolute Gasteiger partial charge is 0.372 e. The molecule has 3 heteroatoms. The molecule has 0 atom stereocenters. The van der Waals surface area contributed by atoms with Crippen molar-refractivity contribution in [1.82, 2.24) is 0 Å². The van der Waals surface area contributed by atoms with E-state index in [2.05, 4.69) is 6.92 Å². The molecule has 0 aliphatic heterocycles. The lowest BCUT2D eigenvalue weighted by Gasteiger charge is -2.02. The monoisotopic (exact) mass is 234 g/mol. The van der Waals surface area contributed by atoms with Crippen molar-refractivity contribution in [1.29, 1.82) is 0 Å². The second-order valence-electron chi connectivity index (χ2n) is 3.88. The average molecular weight is 235 g/mol. The normalized spacial score (nSPS) is 10.5. The van der Waals surface area contributed by atoms with Crippen molar-refractivity contribution in [2.24, 2.45) is 0 Å². The maximum Gasteiger partial charge on any atom is 0.247 e. The van der Waals surface area contributed by atoms with Crippen LogP contribution in [0.4, 0.5) is 0 Å². The molecule has 0 aromatic heterocycles. The van der Waals surface area contributed by atoms with Crippen molar-refractivity contribution < 1.29 is 9.53 Å². The first-order chi connectivity index (χ1) is 7.27. The molecule has 0 rings (SSSR count). The van der Waals surface area contributed by atoms with Gasteiger partial charge in [0.2, 0.25) is 5.24 Å². The first kappa shape index (κ1) is 14.9. The van der Waals surface area contributed by atoms with E-state index in [4.69, 9.17) is 16.3 Å². The van der Waals surface area contributed by atoms with E-state index in [0.29, 0.717) is 6.61 Å². The minimum atomic E-state index is -0.408. The summed E-state index contributed by atoms with van der Waals surface area (Å²) in [6.07, 6.45) is 10.2. The highest BCUT2D eigenvalue weighted by Crippen LogP contribution is 2.08. The Morgan fingerprint density at radius 3 is 2.07 bits per heavy atom. The molecule has 0 spiro atoms. The molecule has 0 aliphatic rings. The molecular formula is C12H23ClO2. The van der Waals surface area contributed by atoms with E-state index in [9.17, 15) is 4.79 Å². The van der Waals surface area contributed by atoms with Crippen molar-refractivity contribution in [2.45, 2.75) is 58.3 Å². The van der Waals surface area contributed by atoms with Crippen LogP contribution in [0, 0.1) is 0 Å². The maximum absolute atomic E-state index is 10.3. The fourth-order valence-corrected chi connectivity index (χ4v) is 1.57. The fourth-order valence-electron chi connectivity index (χ4n) is 1.49. The Bertz CT molecular complexity index is 149. The first-order valence-corrected chi connectivity index (χ1v) is 6.41. The molecule has 0 fully saturated rings. The number of unbranched alkanes of at least 4 members (excludes halogenated alkanes) is 7. The summed E-state index contributed by atoms with van der Waals surface area (Å²) in [7, 11) is 0. The number of carbonyl (C=O) groups is 1. The van der Waals surface area contributed by atoms with Crippen LogP contribution in [-0.2, 0) is 9.53 Å². The Morgan fingerprint density at radius 1 is 1.00 bits per heavy atom. The number of halogens is 1. The van der Waals surface area contributed by atoms with Gasteiger partial charge in [-0.1, -0.05) is 51.9 Å². The van der Waals surface area contributed by atoms with Crippen LogP contribution in [0.25, 0.3) is 0 Å². The van der Waals surface area contributed by atoms with Gasteiger partial charge >= 0.3 is 0 Å².